The zero-order valence-electron chi connectivity index (χ0n) is 3.69. The molecule has 42 valence electrons. The van der Waals surface area contributed by atoms with E-state index in [4.69, 9.17) is 28.7 Å². The smallest absolute Gasteiger partial charge is 0.204 e. The molecule has 0 aliphatic rings. The van der Waals surface area contributed by atoms with Crippen molar-refractivity contribution in [1.82, 2.24) is 4.42 Å². The van der Waals surface area contributed by atoms with Gasteiger partial charge in [0.2, 0.25) is 5.96 Å². The number of hydrogen-bond acceptors (Lipinski definition) is 2. The van der Waals surface area contributed by atoms with Crippen molar-refractivity contribution in [1.29, 1.82) is 5.41 Å². The lowest BCUT2D eigenvalue weighted by Gasteiger charge is -2.07. The molecule has 0 heterocycles. The van der Waals surface area contributed by atoms with E-state index in [0.717, 1.165) is 4.42 Å². The third-order valence-corrected chi connectivity index (χ3v) is 0.742. The van der Waals surface area contributed by atoms with Crippen molar-refractivity contribution in [2.45, 2.75) is 0 Å². The van der Waals surface area contributed by atoms with Crippen molar-refractivity contribution in [3.05, 3.63) is 0 Å². The van der Waals surface area contributed by atoms with Crippen molar-refractivity contribution in [2.75, 3.05) is 6.67 Å². The molecular weight excluding hydrogens is 116 g/mol. The third-order valence-electron chi connectivity index (χ3n) is 0.422. The average Bonchev–Trinajstić information content (AvgIpc) is 1.65. The van der Waals surface area contributed by atoms with Crippen LogP contribution in [0.3, 0.4) is 0 Å². The molecule has 0 bridgehead atoms. The quantitative estimate of drug-likeness (QED) is 0.185. The zero-order valence-corrected chi connectivity index (χ0v) is 4.44. The minimum Gasteiger partial charge on any atom is -0.369 e. The maximum absolute atomic E-state index is 6.59. The van der Waals surface area contributed by atoms with E-state index in [9.17, 15) is 0 Å². The van der Waals surface area contributed by atoms with Gasteiger partial charge in [-0.3, -0.25) is 5.41 Å². The van der Waals surface area contributed by atoms with Crippen LogP contribution in [0.2, 0.25) is 0 Å². The third kappa shape index (κ3) is 2.24. The van der Waals surface area contributed by atoms with E-state index in [-0.39, 0.29) is 12.6 Å². The van der Waals surface area contributed by atoms with Gasteiger partial charge < -0.3 is 11.5 Å². The van der Waals surface area contributed by atoms with E-state index < -0.39 is 0 Å². The summed E-state index contributed by atoms with van der Waals surface area (Å²) in [7, 11) is 0. The van der Waals surface area contributed by atoms with E-state index in [0.29, 0.717) is 0 Å². The molecule has 5 N–H and O–H groups in total. The first-order valence-electron chi connectivity index (χ1n) is 1.66. The second-order valence-corrected chi connectivity index (χ2v) is 1.34. The van der Waals surface area contributed by atoms with Crippen LogP contribution in [0, 0.1) is 5.41 Å². The summed E-state index contributed by atoms with van der Waals surface area (Å²) in [5, 5.41) is 6.59. The van der Waals surface area contributed by atoms with Gasteiger partial charge in [-0.15, -0.1) is 0 Å². The minimum absolute atomic E-state index is 0.0664. The zero-order chi connectivity index (χ0) is 5.86. The van der Waals surface area contributed by atoms with Crippen LogP contribution in [-0.2, 0) is 0 Å². The van der Waals surface area contributed by atoms with Gasteiger partial charge in [0, 0.05) is 11.8 Å². The van der Waals surface area contributed by atoms with Crippen molar-refractivity contribution in [2.24, 2.45) is 11.5 Å². The predicted octanol–water partition coefficient (Wildman–Crippen LogP) is -0.748. The molecule has 0 amide bonds. The van der Waals surface area contributed by atoms with E-state index in [1.54, 1.807) is 0 Å². The summed E-state index contributed by atoms with van der Waals surface area (Å²) in [6, 6.07) is 0. The minimum atomic E-state index is -0.232. The van der Waals surface area contributed by atoms with E-state index in [1.807, 2.05) is 0 Å². The summed E-state index contributed by atoms with van der Waals surface area (Å²) in [6.07, 6.45) is 0. The Morgan fingerprint density at radius 3 is 2.29 bits per heavy atom. The topological polar surface area (TPSA) is 79.1 Å². The Kier molecular flexibility index (Phi) is 2.47. The predicted molar refractivity (Wildman–Crippen MR) is 28.7 cm³/mol. The van der Waals surface area contributed by atoms with Crippen LogP contribution in [-0.4, -0.2) is 17.0 Å². The first kappa shape index (κ1) is 6.52. The molecule has 0 aliphatic carbocycles. The second kappa shape index (κ2) is 2.65. The lowest BCUT2D eigenvalue weighted by molar-refractivity contribution is 0.661. The summed E-state index contributed by atoms with van der Waals surface area (Å²) < 4.78 is 0.903. The van der Waals surface area contributed by atoms with Gasteiger partial charge in [-0.2, -0.15) is 0 Å². The molecule has 0 fully saturated rings. The highest BCUT2D eigenvalue weighted by molar-refractivity contribution is 6.21. The molecule has 7 heavy (non-hydrogen) atoms. The highest BCUT2D eigenvalue weighted by atomic mass is 35.5. The van der Waals surface area contributed by atoms with Crippen molar-refractivity contribution in [3.8, 4) is 0 Å². The van der Waals surface area contributed by atoms with Crippen LogP contribution in [0.4, 0.5) is 0 Å². The fourth-order valence-corrected chi connectivity index (χ4v) is 0.0983. The molecule has 0 spiro atoms. The summed E-state index contributed by atoms with van der Waals surface area (Å²) >= 11 is 5.16. The molecule has 0 unspecified atom stereocenters. The molecule has 0 rings (SSSR count). The Morgan fingerprint density at radius 1 is 1.86 bits per heavy atom. The summed E-state index contributed by atoms with van der Waals surface area (Å²) in [6.45, 7) is 0.0664. The van der Waals surface area contributed by atoms with Crippen LogP contribution in [0.15, 0.2) is 0 Å². The van der Waals surface area contributed by atoms with Gasteiger partial charge in [0.15, 0.2) is 0 Å². The molecular formula is C2H7ClN4. The van der Waals surface area contributed by atoms with Crippen LogP contribution in [0.1, 0.15) is 0 Å². The highest BCUT2D eigenvalue weighted by Gasteiger charge is 1.93. The van der Waals surface area contributed by atoms with Crippen molar-refractivity contribution >= 4 is 17.7 Å². The monoisotopic (exact) mass is 122 g/mol. The normalized spacial score (nSPS) is 8.29. The summed E-state index contributed by atoms with van der Waals surface area (Å²) in [4.78, 5) is 0. The Balaban J connectivity index is 3.34. The molecule has 0 saturated heterocycles. The number of nitrogens with zero attached hydrogens (tertiary/aromatic N) is 1. The number of hydrogen-bond donors (Lipinski definition) is 3. The first-order chi connectivity index (χ1) is 3.18. The maximum Gasteiger partial charge on any atom is 0.204 e. The van der Waals surface area contributed by atoms with Gasteiger partial charge in [0.1, 0.15) is 0 Å². The standard InChI is InChI=1S/C2H7ClN4/c3-7(1-4)2(5)6/h1,4H2,(H3,5,6). The van der Waals surface area contributed by atoms with E-state index in [2.05, 4.69) is 0 Å². The molecule has 0 saturated carbocycles. The van der Waals surface area contributed by atoms with E-state index in [1.165, 1.54) is 0 Å². The lowest BCUT2D eigenvalue weighted by atomic mass is 10.9. The Hall–Kier alpha value is -0.480. The van der Waals surface area contributed by atoms with Gasteiger partial charge in [0.25, 0.3) is 0 Å². The first-order valence-corrected chi connectivity index (χ1v) is 1.99. The fraction of sp³-hybridized carbons (Fsp3) is 0.500. The van der Waals surface area contributed by atoms with Crippen molar-refractivity contribution < 1.29 is 0 Å². The number of nitrogens with two attached hydrogens (primary N) is 2. The largest absolute Gasteiger partial charge is 0.369 e. The maximum atomic E-state index is 6.59. The van der Waals surface area contributed by atoms with E-state index >= 15 is 0 Å². The van der Waals surface area contributed by atoms with Crippen LogP contribution in [0.5, 0.6) is 0 Å². The Bertz CT molecular complexity index is 72.1. The van der Waals surface area contributed by atoms with Gasteiger partial charge in [-0.05, 0) is 0 Å². The Morgan fingerprint density at radius 2 is 2.29 bits per heavy atom. The molecule has 4 nitrogen and oxygen atoms in total. The fourth-order valence-electron chi connectivity index (χ4n) is 0.0983. The highest BCUT2D eigenvalue weighted by Crippen LogP contribution is 1.83. The van der Waals surface area contributed by atoms with Gasteiger partial charge in [0.05, 0.1) is 6.67 Å². The summed E-state index contributed by atoms with van der Waals surface area (Å²) in [5.41, 5.74) is 9.79. The van der Waals surface area contributed by atoms with Gasteiger partial charge >= 0.3 is 0 Å². The van der Waals surface area contributed by atoms with Gasteiger partial charge in [-0.1, -0.05) is 0 Å². The molecule has 0 radical (unpaired) electrons. The van der Waals surface area contributed by atoms with Crippen molar-refractivity contribution in [3.63, 3.8) is 0 Å². The Labute approximate surface area is 46.6 Å². The second-order valence-electron chi connectivity index (χ2n) is 0.930. The summed E-state index contributed by atoms with van der Waals surface area (Å²) in [5.74, 6) is -0.232. The van der Waals surface area contributed by atoms with Crippen LogP contribution >= 0.6 is 11.8 Å². The van der Waals surface area contributed by atoms with Gasteiger partial charge in [-0.25, -0.2) is 4.42 Å². The molecule has 0 atom stereocenters. The molecule has 0 aromatic rings. The number of guanidine groups is 1. The number of nitrogens with one attached hydrogen (secondary N) is 1. The molecule has 5 heteroatoms. The number of rotatable bonds is 1. The van der Waals surface area contributed by atoms with Crippen LogP contribution < -0.4 is 11.5 Å². The molecule has 0 aliphatic heterocycles. The van der Waals surface area contributed by atoms with Crippen LogP contribution in [0.25, 0.3) is 0 Å². The average molecular weight is 123 g/mol. The number of halogens is 1. The SMILES string of the molecule is N=C(N)N(Cl)CN. The molecule has 0 aromatic heterocycles. The lowest BCUT2D eigenvalue weighted by Crippen LogP contribution is -2.32. The molecule has 0 aromatic carbocycles.